The van der Waals surface area contributed by atoms with Gasteiger partial charge in [0.2, 0.25) is 5.91 Å². The van der Waals surface area contributed by atoms with Crippen molar-refractivity contribution < 1.29 is 13.9 Å². The number of carbonyl (C=O) groups is 1. The second-order valence-electron chi connectivity index (χ2n) is 10.4. The molecule has 1 aromatic heterocycles. The monoisotopic (exact) mass is 429 g/mol. The zero-order valence-corrected chi connectivity index (χ0v) is 19.1. The second-order valence-corrected chi connectivity index (χ2v) is 10.4. The lowest BCUT2D eigenvalue weighted by Crippen LogP contribution is -2.60. The first-order valence-electron chi connectivity index (χ1n) is 12.6. The number of nitrogens with zero attached hydrogens (tertiary/aromatic N) is 2. The summed E-state index contributed by atoms with van der Waals surface area (Å²) in [6, 6.07) is 4.79. The van der Waals surface area contributed by atoms with Gasteiger partial charge in [-0.2, -0.15) is 0 Å². The van der Waals surface area contributed by atoms with E-state index in [1.807, 2.05) is 0 Å². The van der Waals surface area contributed by atoms with Gasteiger partial charge in [-0.15, -0.1) is 0 Å². The van der Waals surface area contributed by atoms with Crippen LogP contribution in [0.15, 0.2) is 16.5 Å². The molecule has 1 amide bonds. The van der Waals surface area contributed by atoms with Crippen molar-refractivity contribution in [3.8, 4) is 0 Å². The van der Waals surface area contributed by atoms with Crippen molar-refractivity contribution in [1.82, 2.24) is 15.1 Å². The van der Waals surface area contributed by atoms with Gasteiger partial charge in [0.25, 0.3) is 0 Å². The van der Waals surface area contributed by atoms with E-state index in [0.29, 0.717) is 18.5 Å². The number of morpholine rings is 1. The standard InChI is InChI=1S/C25H39N3O3/c1-19-15-22(19)23-8-7-21(31-23)16-27(20-5-6-20)17-24(29)26-18-25(9-3-2-4-10-25)28-11-13-30-14-12-28/h7-8,19-20,22H,2-6,9-18H2,1H3,(H,26,29). The Morgan fingerprint density at radius 3 is 2.61 bits per heavy atom. The molecule has 0 aromatic carbocycles. The molecule has 1 N–H and O–H groups in total. The molecule has 4 aliphatic rings. The topological polar surface area (TPSA) is 58.0 Å². The van der Waals surface area contributed by atoms with Crippen molar-refractivity contribution >= 4 is 5.91 Å². The summed E-state index contributed by atoms with van der Waals surface area (Å²) in [4.78, 5) is 17.9. The summed E-state index contributed by atoms with van der Waals surface area (Å²) in [6.07, 6.45) is 9.86. The van der Waals surface area contributed by atoms with Crippen molar-refractivity contribution in [1.29, 1.82) is 0 Å². The molecule has 3 saturated carbocycles. The van der Waals surface area contributed by atoms with Gasteiger partial charge in [-0.1, -0.05) is 26.2 Å². The molecule has 1 aromatic rings. The van der Waals surface area contributed by atoms with Crippen LogP contribution >= 0.6 is 0 Å². The highest BCUT2D eigenvalue weighted by atomic mass is 16.5. The van der Waals surface area contributed by atoms with E-state index in [9.17, 15) is 4.79 Å². The third kappa shape index (κ3) is 5.18. The minimum absolute atomic E-state index is 0.124. The first-order chi connectivity index (χ1) is 15.1. The Labute approximate surface area is 186 Å². The molecule has 1 saturated heterocycles. The SMILES string of the molecule is CC1CC1c1ccc(CN(CC(=O)NCC2(N3CCOCC3)CCCCC2)C2CC2)o1. The number of rotatable bonds is 9. The molecule has 0 spiro atoms. The Morgan fingerprint density at radius 2 is 1.94 bits per heavy atom. The molecule has 4 fully saturated rings. The van der Waals surface area contributed by atoms with Crippen LogP contribution in [0.25, 0.3) is 0 Å². The third-order valence-electron chi connectivity index (χ3n) is 8.01. The maximum Gasteiger partial charge on any atom is 0.234 e. The fourth-order valence-electron chi connectivity index (χ4n) is 5.71. The molecule has 0 radical (unpaired) electrons. The van der Waals surface area contributed by atoms with E-state index in [4.69, 9.17) is 9.15 Å². The van der Waals surface area contributed by atoms with Crippen molar-refractivity contribution in [2.24, 2.45) is 5.92 Å². The predicted octanol–water partition coefficient (Wildman–Crippen LogP) is 3.52. The predicted molar refractivity (Wildman–Crippen MR) is 120 cm³/mol. The lowest BCUT2D eigenvalue weighted by atomic mass is 9.79. The summed E-state index contributed by atoms with van der Waals surface area (Å²) in [6.45, 7) is 7.88. The average Bonchev–Trinajstić information content (AvgIpc) is 3.73. The summed E-state index contributed by atoms with van der Waals surface area (Å²) in [7, 11) is 0. The van der Waals surface area contributed by atoms with Gasteiger partial charge in [0.1, 0.15) is 11.5 Å². The van der Waals surface area contributed by atoms with E-state index in [2.05, 4.69) is 34.2 Å². The fraction of sp³-hybridized carbons (Fsp3) is 0.800. The van der Waals surface area contributed by atoms with Crippen LogP contribution in [0.3, 0.4) is 0 Å². The van der Waals surface area contributed by atoms with Crippen molar-refractivity contribution in [3.05, 3.63) is 23.7 Å². The highest BCUT2D eigenvalue weighted by Gasteiger charge is 2.40. The summed E-state index contributed by atoms with van der Waals surface area (Å²) in [5.74, 6) is 3.66. The number of carbonyl (C=O) groups excluding carboxylic acids is 1. The molecule has 2 heterocycles. The highest BCUT2D eigenvalue weighted by molar-refractivity contribution is 5.78. The molecule has 1 aliphatic heterocycles. The van der Waals surface area contributed by atoms with Gasteiger partial charge in [0, 0.05) is 37.1 Å². The lowest BCUT2D eigenvalue weighted by Gasteiger charge is -2.48. The zero-order chi connectivity index (χ0) is 21.3. The molecular formula is C25H39N3O3. The minimum atomic E-state index is 0.124. The van der Waals surface area contributed by atoms with Gasteiger partial charge in [-0.3, -0.25) is 14.6 Å². The molecule has 0 bridgehead atoms. The van der Waals surface area contributed by atoms with Crippen LogP contribution in [0.1, 0.15) is 75.7 Å². The number of furan rings is 1. The van der Waals surface area contributed by atoms with E-state index >= 15 is 0 Å². The molecular weight excluding hydrogens is 390 g/mol. The van der Waals surface area contributed by atoms with Crippen LogP contribution in [-0.4, -0.2) is 66.7 Å². The maximum absolute atomic E-state index is 13.0. The number of ether oxygens (including phenoxy) is 1. The Kier molecular flexibility index (Phi) is 6.40. The molecule has 2 atom stereocenters. The molecule has 3 aliphatic carbocycles. The van der Waals surface area contributed by atoms with Gasteiger partial charge in [-0.25, -0.2) is 0 Å². The maximum atomic E-state index is 13.0. The quantitative estimate of drug-likeness (QED) is 0.651. The van der Waals surface area contributed by atoms with Gasteiger partial charge in [-0.05, 0) is 50.2 Å². The highest BCUT2D eigenvalue weighted by Crippen LogP contribution is 2.47. The molecule has 31 heavy (non-hydrogen) atoms. The lowest BCUT2D eigenvalue weighted by molar-refractivity contribution is -0.123. The molecule has 172 valence electrons. The fourth-order valence-corrected chi connectivity index (χ4v) is 5.71. The Hall–Kier alpha value is -1.37. The number of hydrogen-bond acceptors (Lipinski definition) is 5. The van der Waals surface area contributed by atoms with Gasteiger partial charge >= 0.3 is 0 Å². The molecule has 5 rings (SSSR count). The summed E-state index contributed by atoms with van der Waals surface area (Å²) < 4.78 is 11.7. The van der Waals surface area contributed by atoms with Gasteiger partial charge in [0.15, 0.2) is 0 Å². The van der Waals surface area contributed by atoms with Crippen molar-refractivity contribution in [2.45, 2.75) is 82.3 Å². The molecule has 6 nitrogen and oxygen atoms in total. The van der Waals surface area contributed by atoms with E-state index < -0.39 is 0 Å². The van der Waals surface area contributed by atoms with Crippen LogP contribution in [0.2, 0.25) is 0 Å². The van der Waals surface area contributed by atoms with Crippen molar-refractivity contribution in [2.75, 3.05) is 39.4 Å². The normalized spacial score (nSPS) is 28.6. The van der Waals surface area contributed by atoms with Crippen LogP contribution < -0.4 is 5.32 Å². The number of amides is 1. The largest absolute Gasteiger partial charge is 0.464 e. The smallest absolute Gasteiger partial charge is 0.234 e. The average molecular weight is 430 g/mol. The molecule has 6 heteroatoms. The van der Waals surface area contributed by atoms with Crippen LogP contribution in [0.5, 0.6) is 0 Å². The first-order valence-corrected chi connectivity index (χ1v) is 12.6. The summed E-state index contributed by atoms with van der Waals surface area (Å²) >= 11 is 0. The number of hydrogen-bond donors (Lipinski definition) is 1. The van der Waals surface area contributed by atoms with E-state index in [0.717, 1.165) is 56.8 Å². The van der Waals surface area contributed by atoms with Crippen LogP contribution in [0, 0.1) is 5.92 Å². The van der Waals surface area contributed by atoms with E-state index in [1.165, 1.54) is 51.4 Å². The number of nitrogens with one attached hydrogen (secondary N) is 1. The Bertz CT molecular complexity index is 747. The first kappa shape index (κ1) is 21.5. The summed E-state index contributed by atoms with van der Waals surface area (Å²) in [5.41, 5.74) is 0.124. The third-order valence-corrected chi connectivity index (χ3v) is 8.01. The van der Waals surface area contributed by atoms with E-state index in [-0.39, 0.29) is 11.4 Å². The Balaban J connectivity index is 1.16. The van der Waals surface area contributed by atoms with Crippen molar-refractivity contribution in [3.63, 3.8) is 0 Å². The Morgan fingerprint density at radius 1 is 1.19 bits per heavy atom. The zero-order valence-electron chi connectivity index (χ0n) is 19.1. The summed E-state index contributed by atoms with van der Waals surface area (Å²) in [5, 5.41) is 3.33. The van der Waals surface area contributed by atoms with Crippen LogP contribution in [0.4, 0.5) is 0 Å². The molecule has 2 unspecified atom stereocenters. The van der Waals surface area contributed by atoms with Gasteiger partial charge < -0.3 is 14.5 Å². The minimum Gasteiger partial charge on any atom is -0.464 e. The van der Waals surface area contributed by atoms with Gasteiger partial charge in [0.05, 0.1) is 26.3 Å². The second kappa shape index (κ2) is 9.24. The van der Waals surface area contributed by atoms with Crippen LogP contribution in [-0.2, 0) is 16.1 Å². The van der Waals surface area contributed by atoms with E-state index in [1.54, 1.807) is 0 Å².